The zero-order valence-corrected chi connectivity index (χ0v) is 13.8. The van der Waals surface area contributed by atoms with Crippen LogP contribution in [0.3, 0.4) is 0 Å². The molecule has 0 aliphatic heterocycles. The van der Waals surface area contributed by atoms with Gasteiger partial charge in [0.15, 0.2) is 0 Å². The molecule has 1 N–H and O–H groups in total. The number of amides is 1. The molecule has 5 heteroatoms. The molecule has 0 heterocycles. The minimum atomic E-state index is -0.0982. The molecule has 114 valence electrons. The summed E-state index contributed by atoms with van der Waals surface area (Å²) in [5.41, 5.74) is 0.934. The number of methoxy groups -OCH3 is 1. The molecule has 0 bridgehead atoms. The average molecular weight is 328 g/mol. The number of carbonyl (C=O) groups is 1. The first kappa shape index (κ1) is 16.2. The molecule has 21 heavy (non-hydrogen) atoms. The van der Waals surface area contributed by atoms with Crippen molar-refractivity contribution in [2.24, 2.45) is 17.3 Å². The maximum Gasteiger partial charge on any atom is 0.224 e. The highest BCUT2D eigenvalue weighted by Crippen LogP contribution is 2.59. The second-order valence-electron chi connectivity index (χ2n) is 5.85. The van der Waals surface area contributed by atoms with Gasteiger partial charge < -0.3 is 10.1 Å². The lowest BCUT2D eigenvalue weighted by molar-refractivity contribution is -0.123. The van der Waals surface area contributed by atoms with Crippen LogP contribution in [0.2, 0.25) is 0 Å². The van der Waals surface area contributed by atoms with Gasteiger partial charge in [-0.2, -0.15) is 0 Å². The number of nitrogens with one attached hydrogen (secondary N) is 1. The van der Waals surface area contributed by atoms with Crippen molar-refractivity contribution in [3.63, 3.8) is 0 Å². The lowest BCUT2D eigenvalue weighted by atomic mass is 10.1. The molecular formula is C16H19Cl2NO2. The van der Waals surface area contributed by atoms with E-state index in [0.717, 1.165) is 11.3 Å². The first-order valence-electron chi connectivity index (χ1n) is 6.79. The van der Waals surface area contributed by atoms with Crippen molar-refractivity contribution in [3.8, 4) is 5.75 Å². The Bertz CT molecular complexity index is 548. The Hall–Kier alpha value is -1.19. The Kier molecular flexibility index (Phi) is 4.84. The van der Waals surface area contributed by atoms with Crippen LogP contribution in [-0.4, -0.2) is 13.0 Å². The molecule has 2 rings (SSSR count). The van der Waals surface area contributed by atoms with Gasteiger partial charge in [0.25, 0.3) is 0 Å². The molecule has 1 aliphatic rings. The Morgan fingerprint density at radius 3 is 2.48 bits per heavy atom. The van der Waals surface area contributed by atoms with Crippen LogP contribution >= 0.6 is 23.2 Å². The van der Waals surface area contributed by atoms with E-state index in [1.54, 1.807) is 13.2 Å². The van der Waals surface area contributed by atoms with E-state index in [9.17, 15) is 4.79 Å². The van der Waals surface area contributed by atoms with Crippen molar-refractivity contribution in [1.29, 1.82) is 0 Å². The number of benzene rings is 1. The summed E-state index contributed by atoms with van der Waals surface area (Å²) in [7, 11) is 1.63. The molecule has 0 unspecified atom stereocenters. The Balaban J connectivity index is 1.92. The summed E-state index contributed by atoms with van der Waals surface area (Å²) in [6.45, 7) is 4.59. The van der Waals surface area contributed by atoms with Crippen molar-refractivity contribution in [2.45, 2.75) is 20.4 Å². The van der Waals surface area contributed by atoms with Gasteiger partial charge >= 0.3 is 0 Å². The molecule has 0 radical (unpaired) electrons. The van der Waals surface area contributed by atoms with E-state index < -0.39 is 0 Å². The van der Waals surface area contributed by atoms with E-state index in [4.69, 9.17) is 27.9 Å². The number of carbonyl (C=O) groups excluding carboxylic acids is 1. The van der Waals surface area contributed by atoms with Crippen LogP contribution in [0.1, 0.15) is 19.4 Å². The van der Waals surface area contributed by atoms with E-state index >= 15 is 0 Å². The predicted octanol–water partition coefficient (Wildman–Crippen LogP) is 3.90. The minimum absolute atomic E-state index is 0.0339. The second kappa shape index (κ2) is 6.29. The average Bonchev–Trinajstić information content (AvgIpc) is 2.97. The summed E-state index contributed by atoms with van der Waals surface area (Å²) in [6, 6.07) is 7.62. The topological polar surface area (TPSA) is 38.3 Å². The molecule has 2 atom stereocenters. The zero-order valence-electron chi connectivity index (χ0n) is 12.3. The summed E-state index contributed by atoms with van der Waals surface area (Å²) in [6.07, 6.45) is 1.75. The van der Waals surface area contributed by atoms with E-state index in [0.29, 0.717) is 6.54 Å². The van der Waals surface area contributed by atoms with Crippen LogP contribution in [-0.2, 0) is 11.3 Å². The van der Waals surface area contributed by atoms with E-state index in [2.05, 4.69) is 5.32 Å². The summed E-state index contributed by atoms with van der Waals surface area (Å²) >= 11 is 11.4. The molecular weight excluding hydrogens is 309 g/mol. The lowest BCUT2D eigenvalue weighted by Crippen LogP contribution is -2.26. The van der Waals surface area contributed by atoms with Crippen LogP contribution in [0, 0.1) is 17.3 Å². The third-order valence-electron chi connectivity index (χ3n) is 4.12. The summed E-state index contributed by atoms with van der Waals surface area (Å²) < 4.78 is 5.32. The summed E-state index contributed by atoms with van der Waals surface area (Å²) in [4.78, 5) is 12.3. The summed E-state index contributed by atoms with van der Waals surface area (Å²) in [5.74, 6) is 0.851. The van der Waals surface area contributed by atoms with Gasteiger partial charge in [0.05, 0.1) is 13.0 Å². The van der Waals surface area contributed by atoms with Crippen molar-refractivity contribution in [3.05, 3.63) is 40.4 Å². The van der Waals surface area contributed by atoms with Crippen molar-refractivity contribution in [1.82, 2.24) is 5.32 Å². The van der Waals surface area contributed by atoms with Crippen molar-refractivity contribution in [2.75, 3.05) is 7.11 Å². The molecule has 1 amide bonds. The Morgan fingerprint density at radius 1 is 1.33 bits per heavy atom. The van der Waals surface area contributed by atoms with Crippen LogP contribution < -0.4 is 10.1 Å². The molecule has 1 aliphatic carbocycles. The fourth-order valence-corrected chi connectivity index (χ4v) is 2.94. The van der Waals surface area contributed by atoms with Gasteiger partial charge in [-0.15, -0.1) is 0 Å². The predicted molar refractivity (Wildman–Crippen MR) is 85.4 cm³/mol. The first-order valence-corrected chi connectivity index (χ1v) is 7.55. The molecule has 0 aromatic heterocycles. The van der Waals surface area contributed by atoms with Gasteiger partial charge in [-0.3, -0.25) is 4.79 Å². The van der Waals surface area contributed by atoms with Crippen LogP contribution in [0.25, 0.3) is 0 Å². The highest BCUT2D eigenvalue weighted by molar-refractivity contribution is 6.55. The van der Waals surface area contributed by atoms with Crippen LogP contribution in [0.5, 0.6) is 5.75 Å². The number of hydrogen-bond donors (Lipinski definition) is 1. The largest absolute Gasteiger partial charge is 0.497 e. The molecule has 1 aromatic carbocycles. The third kappa shape index (κ3) is 3.72. The SMILES string of the molecule is COc1ccc(CNC(=O)[C@@H]2[C@@H](C=C(Cl)Cl)C2(C)C)cc1. The molecule has 1 fully saturated rings. The van der Waals surface area contributed by atoms with Gasteiger partial charge in [0.1, 0.15) is 10.2 Å². The number of allylic oxidation sites excluding steroid dienone is 1. The number of hydrogen-bond acceptors (Lipinski definition) is 2. The highest BCUT2D eigenvalue weighted by Gasteiger charge is 2.60. The molecule has 3 nitrogen and oxygen atoms in total. The standard InChI is InChI=1S/C16H19Cl2NO2/c1-16(2)12(8-13(17)18)14(16)15(20)19-9-10-4-6-11(21-3)7-5-10/h4-8,12,14H,9H2,1-3H3,(H,19,20)/t12-,14+/m1/s1. The smallest absolute Gasteiger partial charge is 0.224 e. The fraction of sp³-hybridized carbons (Fsp3) is 0.438. The number of halogens is 2. The fourth-order valence-electron chi connectivity index (χ4n) is 2.67. The first-order chi connectivity index (χ1) is 9.86. The number of ether oxygens (including phenoxy) is 1. The molecule has 1 saturated carbocycles. The monoisotopic (exact) mass is 327 g/mol. The lowest BCUT2D eigenvalue weighted by Gasteiger charge is -2.07. The second-order valence-corrected chi connectivity index (χ2v) is 6.85. The van der Waals surface area contributed by atoms with Crippen LogP contribution in [0.15, 0.2) is 34.8 Å². The highest BCUT2D eigenvalue weighted by atomic mass is 35.5. The molecule has 0 saturated heterocycles. The Labute approximate surface area is 135 Å². The van der Waals surface area contributed by atoms with E-state index in [1.165, 1.54) is 0 Å². The Morgan fingerprint density at radius 2 is 1.95 bits per heavy atom. The van der Waals surface area contributed by atoms with Gasteiger partial charge in [0.2, 0.25) is 5.91 Å². The third-order valence-corrected chi connectivity index (χ3v) is 4.38. The minimum Gasteiger partial charge on any atom is -0.497 e. The molecule has 0 spiro atoms. The summed E-state index contributed by atoms with van der Waals surface area (Å²) in [5, 5.41) is 2.96. The van der Waals surface area contributed by atoms with E-state index in [-0.39, 0.29) is 27.6 Å². The quantitative estimate of drug-likeness (QED) is 0.890. The van der Waals surface area contributed by atoms with Gasteiger partial charge in [-0.25, -0.2) is 0 Å². The zero-order chi connectivity index (χ0) is 15.6. The van der Waals surface area contributed by atoms with Crippen LogP contribution in [0.4, 0.5) is 0 Å². The van der Waals surface area contributed by atoms with E-state index in [1.807, 2.05) is 38.1 Å². The maximum atomic E-state index is 12.3. The van der Waals surface area contributed by atoms with Gasteiger partial charge in [0, 0.05) is 6.54 Å². The maximum absolute atomic E-state index is 12.3. The molecule has 1 aromatic rings. The van der Waals surface area contributed by atoms with Gasteiger partial charge in [-0.1, -0.05) is 49.2 Å². The van der Waals surface area contributed by atoms with Crippen molar-refractivity contribution < 1.29 is 9.53 Å². The number of rotatable bonds is 5. The van der Waals surface area contributed by atoms with Gasteiger partial charge in [-0.05, 0) is 35.1 Å². The van der Waals surface area contributed by atoms with Crippen molar-refractivity contribution >= 4 is 29.1 Å². The normalized spacial score (nSPS) is 22.3.